The predicted molar refractivity (Wildman–Crippen MR) is 90.9 cm³/mol. The number of hydrogen-bond donors (Lipinski definition) is 2. The molecule has 5 unspecified atom stereocenters. The van der Waals surface area contributed by atoms with Crippen LogP contribution in [0.2, 0.25) is 0 Å². The van der Waals surface area contributed by atoms with Crippen molar-refractivity contribution in [1.29, 1.82) is 0 Å². The molecule has 1 aromatic heterocycles. The van der Waals surface area contributed by atoms with Crippen LogP contribution in [0.5, 0.6) is 0 Å². The molecule has 0 saturated heterocycles. The number of hydrogen-bond acceptors (Lipinski definition) is 3. The highest BCUT2D eigenvalue weighted by atomic mass is 16.3. The van der Waals surface area contributed by atoms with Gasteiger partial charge < -0.3 is 14.6 Å². The van der Waals surface area contributed by atoms with Crippen LogP contribution in [0.25, 0.3) is 0 Å². The fraction of sp³-hybridized carbons (Fsp3) is 0.800. The molecule has 2 fully saturated rings. The molecule has 0 aliphatic heterocycles. The van der Waals surface area contributed by atoms with Gasteiger partial charge in [-0.1, -0.05) is 27.2 Å². The average Bonchev–Trinajstić information content (AvgIpc) is 2.95. The lowest BCUT2D eigenvalue weighted by Crippen LogP contribution is -2.57. The maximum Gasteiger partial charge on any atom is 0.0960 e. The first-order valence-corrected chi connectivity index (χ1v) is 9.09. The first-order valence-electron chi connectivity index (χ1n) is 9.09. The van der Waals surface area contributed by atoms with Crippen molar-refractivity contribution in [2.24, 2.45) is 22.7 Å². The molecular formula is C20H32O3. The lowest BCUT2D eigenvalue weighted by Gasteiger charge is -2.61. The van der Waals surface area contributed by atoms with Crippen LogP contribution in [0, 0.1) is 22.7 Å². The summed E-state index contributed by atoms with van der Waals surface area (Å²) in [4.78, 5) is 0. The first kappa shape index (κ1) is 17.0. The van der Waals surface area contributed by atoms with E-state index in [1.165, 1.54) is 12.8 Å². The third-order valence-corrected chi connectivity index (χ3v) is 7.15. The molecule has 1 aromatic rings. The second-order valence-corrected chi connectivity index (χ2v) is 9.16. The van der Waals surface area contributed by atoms with Gasteiger partial charge in [0.1, 0.15) is 0 Å². The molecule has 1 heterocycles. The van der Waals surface area contributed by atoms with E-state index in [2.05, 4.69) is 20.8 Å². The first-order chi connectivity index (χ1) is 10.7. The fourth-order valence-electron chi connectivity index (χ4n) is 5.97. The van der Waals surface area contributed by atoms with Gasteiger partial charge in [0.2, 0.25) is 0 Å². The molecule has 0 amide bonds. The van der Waals surface area contributed by atoms with Gasteiger partial charge in [-0.05, 0) is 67.8 Å². The molecule has 2 aliphatic carbocycles. The molecule has 0 bridgehead atoms. The van der Waals surface area contributed by atoms with E-state index in [0.717, 1.165) is 24.8 Å². The van der Waals surface area contributed by atoms with Gasteiger partial charge >= 0.3 is 0 Å². The third-order valence-electron chi connectivity index (χ3n) is 7.15. The molecule has 0 aromatic carbocycles. The summed E-state index contributed by atoms with van der Waals surface area (Å²) >= 11 is 0. The summed E-state index contributed by atoms with van der Waals surface area (Å²) in [5, 5.41) is 21.8. The SMILES string of the molecule is CC1(C)CCCC2(C)C1CCC(C)(O)C2CC(O)c1ccoc1. The Bertz CT molecular complexity index is 531. The minimum Gasteiger partial charge on any atom is -0.472 e. The summed E-state index contributed by atoms with van der Waals surface area (Å²) in [5.74, 6) is 0.726. The van der Waals surface area contributed by atoms with Crippen molar-refractivity contribution in [3.63, 3.8) is 0 Å². The topological polar surface area (TPSA) is 53.6 Å². The number of aliphatic hydroxyl groups excluding tert-OH is 1. The van der Waals surface area contributed by atoms with Gasteiger partial charge in [-0.3, -0.25) is 0 Å². The van der Waals surface area contributed by atoms with Crippen LogP contribution < -0.4 is 0 Å². The van der Waals surface area contributed by atoms with Crippen LogP contribution >= 0.6 is 0 Å². The number of rotatable bonds is 3. The molecule has 5 atom stereocenters. The molecule has 2 N–H and O–H groups in total. The van der Waals surface area contributed by atoms with Crippen molar-refractivity contribution in [3.05, 3.63) is 24.2 Å². The quantitative estimate of drug-likeness (QED) is 0.849. The van der Waals surface area contributed by atoms with Gasteiger partial charge in [0.05, 0.1) is 24.2 Å². The van der Waals surface area contributed by atoms with Crippen molar-refractivity contribution < 1.29 is 14.6 Å². The van der Waals surface area contributed by atoms with Gasteiger partial charge in [-0.25, -0.2) is 0 Å². The summed E-state index contributed by atoms with van der Waals surface area (Å²) in [6.07, 6.45) is 8.83. The van der Waals surface area contributed by atoms with Crippen molar-refractivity contribution in [2.45, 2.75) is 77.9 Å². The maximum absolute atomic E-state index is 11.1. The monoisotopic (exact) mass is 320 g/mol. The molecule has 2 saturated carbocycles. The van der Waals surface area contributed by atoms with Crippen LogP contribution in [-0.4, -0.2) is 15.8 Å². The van der Waals surface area contributed by atoms with E-state index in [1.54, 1.807) is 12.5 Å². The number of aliphatic hydroxyl groups is 2. The minimum atomic E-state index is -0.705. The van der Waals surface area contributed by atoms with E-state index in [4.69, 9.17) is 4.42 Å². The molecule has 0 spiro atoms. The van der Waals surface area contributed by atoms with Crippen molar-refractivity contribution in [2.75, 3.05) is 0 Å². The Morgan fingerprint density at radius 3 is 2.61 bits per heavy atom. The van der Waals surface area contributed by atoms with E-state index in [1.807, 2.05) is 13.0 Å². The van der Waals surface area contributed by atoms with Gasteiger partial charge in [0.15, 0.2) is 0 Å². The van der Waals surface area contributed by atoms with Gasteiger partial charge in [-0.2, -0.15) is 0 Å². The summed E-state index contributed by atoms with van der Waals surface area (Å²) in [5.41, 5.74) is 0.529. The highest BCUT2D eigenvalue weighted by Gasteiger charge is 2.58. The highest BCUT2D eigenvalue weighted by Crippen LogP contribution is 2.63. The standard InChI is InChI=1S/C20H32O3/c1-18(2)8-5-9-19(3)16(18)6-10-20(4,22)17(19)12-15(21)14-7-11-23-13-14/h7,11,13,15-17,21-22H,5-6,8-10,12H2,1-4H3. The second kappa shape index (κ2) is 5.63. The molecule has 130 valence electrons. The van der Waals surface area contributed by atoms with Crippen LogP contribution in [-0.2, 0) is 0 Å². The van der Waals surface area contributed by atoms with Crippen LogP contribution in [0.3, 0.4) is 0 Å². The molecule has 2 aliphatic rings. The Morgan fingerprint density at radius 2 is 1.96 bits per heavy atom. The van der Waals surface area contributed by atoms with Gasteiger partial charge in [-0.15, -0.1) is 0 Å². The van der Waals surface area contributed by atoms with E-state index in [-0.39, 0.29) is 11.3 Å². The van der Waals surface area contributed by atoms with Crippen molar-refractivity contribution in [1.82, 2.24) is 0 Å². The summed E-state index contributed by atoms with van der Waals surface area (Å²) in [6.45, 7) is 9.11. The second-order valence-electron chi connectivity index (χ2n) is 9.16. The zero-order chi connectivity index (χ0) is 16.9. The third kappa shape index (κ3) is 2.87. The van der Waals surface area contributed by atoms with E-state index in [9.17, 15) is 10.2 Å². The Kier molecular flexibility index (Phi) is 4.17. The Balaban J connectivity index is 1.90. The lowest BCUT2D eigenvalue weighted by molar-refractivity contribution is -0.176. The molecule has 23 heavy (non-hydrogen) atoms. The molecular weight excluding hydrogens is 288 g/mol. The van der Waals surface area contributed by atoms with Gasteiger partial charge in [0, 0.05) is 5.56 Å². The number of furan rings is 1. The molecule has 3 rings (SSSR count). The molecule has 3 nitrogen and oxygen atoms in total. The summed E-state index contributed by atoms with van der Waals surface area (Å²) in [6, 6.07) is 1.83. The predicted octanol–water partition coefficient (Wildman–Crippen LogP) is 4.70. The summed E-state index contributed by atoms with van der Waals surface area (Å²) in [7, 11) is 0. The zero-order valence-electron chi connectivity index (χ0n) is 15.0. The largest absolute Gasteiger partial charge is 0.472 e. The van der Waals surface area contributed by atoms with E-state index >= 15 is 0 Å². The van der Waals surface area contributed by atoms with Crippen molar-refractivity contribution >= 4 is 0 Å². The van der Waals surface area contributed by atoms with Crippen LogP contribution in [0.4, 0.5) is 0 Å². The lowest BCUT2D eigenvalue weighted by atomic mass is 9.45. The zero-order valence-corrected chi connectivity index (χ0v) is 15.0. The molecule has 3 heteroatoms. The van der Waals surface area contributed by atoms with E-state index in [0.29, 0.717) is 17.8 Å². The Labute approximate surface area is 140 Å². The molecule has 0 radical (unpaired) electrons. The Morgan fingerprint density at radius 1 is 1.22 bits per heavy atom. The smallest absolute Gasteiger partial charge is 0.0960 e. The van der Waals surface area contributed by atoms with Gasteiger partial charge in [0.25, 0.3) is 0 Å². The van der Waals surface area contributed by atoms with Crippen LogP contribution in [0.1, 0.15) is 77.9 Å². The van der Waals surface area contributed by atoms with Crippen molar-refractivity contribution in [3.8, 4) is 0 Å². The number of fused-ring (bicyclic) bond motifs is 1. The van der Waals surface area contributed by atoms with E-state index < -0.39 is 11.7 Å². The Hall–Kier alpha value is -0.800. The minimum absolute atomic E-state index is 0.0915. The normalized spacial score (nSPS) is 41.3. The summed E-state index contributed by atoms with van der Waals surface area (Å²) < 4.78 is 5.12. The highest BCUT2D eigenvalue weighted by molar-refractivity contribution is 5.13. The van der Waals surface area contributed by atoms with Crippen LogP contribution in [0.15, 0.2) is 23.0 Å². The maximum atomic E-state index is 11.1. The fourth-order valence-corrected chi connectivity index (χ4v) is 5.97. The average molecular weight is 320 g/mol.